The minimum atomic E-state index is -0.136. The second kappa shape index (κ2) is 8.13. The van der Waals surface area contributed by atoms with Crippen molar-refractivity contribution >= 4 is 23.4 Å². The van der Waals surface area contributed by atoms with Crippen LogP contribution in [0.25, 0.3) is 11.1 Å². The molecule has 27 heavy (non-hydrogen) atoms. The van der Waals surface area contributed by atoms with Crippen LogP contribution in [0.15, 0.2) is 59.9 Å². The van der Waals surface area contributed by atoms with Crippen molar-refractivity contribution in [2.75, 3.05) is 11.5 Å². The molecule has 3 rings (SSSR count). The molecule has 0 amide bonds. The van der Waals surface area contributed by atoms with Gasteiger partial charge in [-0.2, -0.15) is 10.5 Å². The van der Waals surface area contributed by atoms with Gasteiger partial charge in [-0.25, -0.2) is 4.98 Å². The zero-order chi connectivity index (χ0) is 19.2. The molecule has 0 fully saturated rings. The Morgan fingerprint density at radius 1 is 1.07 bits per heavy atom. The van der Waals surface area contributed by atoms with E-state index in [1.54, 1.807) is 30.5 Å². The molecule has 3 aromatic rings. The number of pyridine rings is 2. The van der Waals surface area contributed by atoms with Crippen LogP contribution in [-0.2, 0) is 0 Å². The standard InChI is InChI=1S/C20H13N5OS/c21-9-15-18(13-5-2-1-3-6-13)16(10-22)20(25-19(15)23)27-12-17(26)14-7-4-8-24-11-14/h1-8,11H,12H2,(H2,23,25). The molecule has 1 aromatic carbocycles. The van der Waals surface area contributed by atoms with E-state index < -0.39 is 0 Å². The maximum absolute atomic E-state index is 12.3. The van der Waals surface area contributed by atoms with Crippen LogP contribution in [0.2, 0.25) is 0 Å². The lowest BCUT2D eigenvalue weighted by atomic mass is 9.97. The maximum Gasteiger partial charge on any atom is 0.174 e. The number of benzene rings is 1. The lowest BCUT2D eigenvalue weighted by molar-refractivity contribution is 0.102. The van der Waals surface area contributed by atoms with Gasteiger partial charge in [0.25, 0.3) is 0 Å². The summed E-state index contributed by atoms with van der Waals surface area (Å²) in [6.07, 6.45) is 3.08. The number of anilines is 1. The first-order valence-corrected chi connectivity index (χ1v) is 8.89. The summed E-state index contributed by atoms with van der Waals surface area (Å²) in [4.78, 5) is 20.5. The van der Waals surface area contributed by atoms with Gasteiger partial charge in [0, 0.05) is 23.5 Å². The van der Waals surface area contributed by atoms with E-state index in [0.29, 0.717) is 21.7 Å². The number of nitriles is 2. The number of nitrogens with zero attached hydrogens (tertiary/aromatic N) is 4. The summed E-state index contributed by atoms with van der Waals surface area (Å²) < 4.78 is 0. The molecule has 130 valence electrons. The van der Waals surface area contributed by atoms with Gasteiger partial charge in [0.05, 0.1) is 11.3 Å². The first-order valence-electron chi connectivity index (χ1n) is 7.90. The molecule has 6 nitrogen and oxygen atoms in total. The minimum absolute atomic E-state index is 0.0340. The van der Waals surface area contributed by atoms with Crippen molar-refractivity contribution in [1.29, 1.82) is 10.5 Å². The fraction of sp³-hybridized carbons (Fsp3) is 0.0500. The highest BCUT2D eigenvalue weighted by molar-refractivity contribution is 8.00. The molecule has 0 saturated heterocycles. The Balaban J connectivity index is 2.02. The predicted octanol–water partition coefficient (Wildman–Crippen LogP) is 3.44. The molecule has 0 spiro atoms. The number of rotatable bonds is 5. The number of aromatic nitrogens is 2. The molecule has 0 aliphatic heterocycles. The van der Waals surface area contributed by atoms with Crippen LogP contribution in [0, 0.1) is 22.7 Å². The Morgan fingerprint density at radius 2 is 1.81 bits per heavy atom. The summed E-state index contributed by atoms with van der Waals surface area (Å²) in [5, 5.41) is 19.5. The highest BCUT2D eigenvalue weighted by atomic mass is 32.2. The van der Waals surface area contributed by atoms with Crippen molar-refractivity contribution < 1.29 is 4.79 Å². The Labute approximate surface area is 160 Å². The average molecular weight is 371 g/mol. The lowest BCUT2D eigenvalue weighted by Crippen LogP contribution is -2.06. The molecule has 0 bridgehead atoms. The molecular weight excluding hydrogens is 358 g/mol. The van der Waals surface area contributed by atoms with Gasteiger partial charge < -0.3 is 5.73 Å². The van der Waals surface area contributed by atoms with Crippen LogP contribution in [0.5, 0.6) is 0 Å². The van der Waals surface area contributed by atoms with E-state index in [-0.39, 0.29) is 28.5 Å². The van der Waals surface area contributed by atoms with Gasteiger partial charge >= 0.3 is 0 Å². The molecule has 2 aromatic heterocycles. The van der Waals surface area contributed by atoms with Gasteiger partial charge in [-0.15, -0.1) is 0 Å². The third-order valence-electron chi connectivity index (χ3n) is 3.80. The zero-order valence-electron chi connectivity index (χ0n) is 14.1. The summed E-state index contributed by atoms with van der Waals surface area (Å²) in [6, 6.07) is 16.6. The van der Waals surface area contributed by atoms with E-state index in [1.807, 2.05) is 24.3 Å². The Kier molecular flexibility index (Phi) is 5.46. The number of thioether (sulfide) groups is 1. The Hall–Kier alpha value is -3.68. The fourth-order valence-corrected chi connectivity index (χ4v) is 3.43. The average Bonchev–Trinajstić information content (AvgIpc) is 2.72. The van der Waals surface area contributed by atoms with Crippen LogP contribution in [-0.4, -0.2) is 21.5 Å². The van der Waals surface area contributed by atoms with Crippen LogP contribution in [0.4, 0.5) is 5.82 Å². The fourth-order valence-electron chi connectivity index (χ4n) is 2.54. The van der Waals surface area contributed by atoms with E-state index in [1.165, 1.54) is 6.20 Å². The Bertz CT molecular complexity index is 1070. The van der Waals surface area contributed by atoms with Crippen LogP contribution in [0.3, 0.4) is 0 Å². The third kappa shape index (κ3) is 3.79. The quantitative estimate of drug-likeness (QED) is 0.539. The lowest BCUT2D eigenvalue weighted by Gasteiger charge is -2.12. The minimum Gasteiger partial charge on any atom is -0.383 e. The van der Waals surface area contributed by atoms with Gasteiger partial charge in [0.2, 0.25) is 0 Å². The molecule has 0 aliphatic carbocycles. The largest absolute Gasteiger partial charge is 0.383 e. The van der Waals surface area contributed by atoms with E-state index in [0.717, 1.165) is 11.8 Å². The van der Waals surface area contributed by atoms with Gasteiger partial charge in [0.15, 0.2) is 5.78 Å². The second-order valence-corrected chi connectivity index (χ2v) is 6.43. The third-order valence-corrected chi connectivity index (χ3v) is 4.78. The number of carbonyl (C=O) groups is 1. The van der Waals surface area contributed by atoms with E-state index in [2.05, 4.69) is 16.0 Å². The highest BCUT2D eigenvalue weighted by Crippen LogP contribution is 2.35. The van der Waals surface area contributed by atoms with Crippen molar-refractivity contribution in [3.05, 3.63) is 71.5 Å². The molecule has 2 N–H and O–H groups in total. The van der Waals surface area contributed by atoms with E-state index in [4.69, 9.17) is 5.73 Å². The molecular formula is C20H13N5OS. The molecule has 2 heterocycles. The van der Waals surface area contributed by atoms with Crippen LogP contribution >= 0.6 is 11.8 Å². The first kappa shape index (κ1) is 18.1. The normalized spacial score (nSPS) is 10.0. The number of hydrogen-bond donors (Lipinski definition) is 1. The number of nitrogens with two attached hydrogens (primary N) is 1. The maximum atomic E-state index is 12.3. The number of nitrogen functional groups attached to an aromatic ring is 1. The van der Waals surface area contributed by atoms with Crippen molar-refractivity contribution in [1.82, 2.24) is 9.97 Å². The summed E-state index contributed by atoms with van der Waals surface area (Å²) in [7, 11) is 0. The summed E-state index contributed by atoms with van der Waals surface area (Å²) in [6.45, 7) is 0. The summed E-state index contributed by atoms with van der Waals surface area (Å²) in [5.41, 5.74) is 7.95. The van der Waals surface area contributed by atoms with Gasteiger partial charge in [-0.1, -0.05) is 42.1 Å². The summed E-state index contributed by atoms with van der Waals surface area (Å²) in [5.74, 6) is -0.0258. The van der Waals surface area contributed by atoms with Gasteiger partial charge in [0.1, 0.15) is 28.5 Å². The van der Waals surface area contributed by atoms with Crippen molar-refractivity contribution in [3.63, 3.8) is 0 Å². The SMILES string of the molecule is N#Cc1c(N)nc(SCC(=O)c2cccnc2)c(C#N)c1-c1ccccc1. The van der Waals surface area contributed by atoms with Gasteiger partial charge in [-0.05, 0) is 17.7 Å². The molecule has 0 radical (unpaired) electrons. The first-order chi connectivity index (χ1) is 13.2. The summed E-state index contributed by atoms with van der Waals surface area (Å²) >= 11 is 1.12. The number of ketones is 1. The highest BCUT2D eigenvalue weighted by Gasteiger charge is 2.21. The second-order valence-electron chi connectivity index (χ2n) is 5.47. The number of hydrogen-bond acceptors (Lipinski definition) is 7. The molecule has 7 heteroatoms. The molecule has 0 unspecified atom stereocenters. The van der Waals surface area contributed by atoms with Crippen molar-refractivity contribution in [2.45, 2.75) is 5.03 Å². The van der Waals surface area contributed by atoms with E-state index >= 15 is 0 Å². The number of carbonyl (C=O) groups excluding carboxylic acids is 1. The van der Waals surface area contributed by atoms with E-state index in [9.17, 15) is 15.3 Å². The van der Waals surface area contributed by atoms with Gasteiger partial charge in [-0.3, -0.25) is 9.78 Å². The predicted molar refractivity (Wildman–Crippen MR) is 103 cm³/mol. The topological polar surface area (TPSA) is 116 Å². The molecule has 0 saturated carbocycles. The molecule has 0 aliphatic rings. The van der Waals surface area contributed by atoms with Crippen LogP contribution in [0.1, 0.15) is 21.5 Å². The zero-order valence-corrected chi connectivity index (χ0v) is 14.9. The number of Topliss-reactive ketones (excluding diaryl/α,β-unsaturated/α-hetero) is 1. The Morgan fingerprint density at radius 3 is 2.44 bits per heavy atom. The smallest absolute Gasteiger partial charge is 0.174 e. The van der Waals surface area contributed by atoms with Crippen molar-refractivity contribution in [3.8, 4) is 23.3 Å². The monoisotopic (exact) mass is 371 g/mol. The van der Waals surface area contributed by atoms with Crippen LogP contribution < -0.4 is 5.73 Å². The van der Waals surface area contributed by atoms with Crippen molar-refractivity contribution in [2.24, 2.45) is 0 Å². The molecule has 0 atom stereocenters.